The fourth-order valence-corrected chi connectivity index (χ4v) is 2.55. The zero-order chi connectivity index (χ0) is 12.2. The van der Waals surface area contributed by atoms with Crippen molar-refractivity contribution < 1.29 is 13.2 Å². The van der Waals surface area contributed by atoms with Crippen molar-refractivity contribution >= 4 is 10.0 Å². The molecule has 1 aromatic carbocycles. The van der Waals surface area contributed by atoms with Gasteiger partial charge >= 0.3 is 0 Å². The Morgan fingerprint density at radius 2 is 1.81 bits per heavy atom. The van der Waals surface area contributed by atoms with E-state index < -0.39 is 15.4 Å². The summed E-state index contributed by atoms with van der Waals surface area (Å²) in [5.41, 5.74) is -0.497. The van der Waals surface area contributed by atoms with E-state index in [1.165, 1.54) is 0 Å². The van der Waals surface area contributed by atoms with E-state index >= 15 is 0 Å². The van der Waals surface area contributed by atoms with Gasteiger partial charge in [-0.3, -0.25) is 0 Å². The minimum atomic E-state index is -3.47. The van der Waals surface area contributed by atoms with Gasteiger partial charge in [0.05, 0.1) is 12.4 Å². The predicted octanol–water partition coefficient (Wildman–Crippen LogP) is 1.38. The Morgan fingerprint density at radius 3 is 2.31 bits per heavy atom. The molecule has 4 nitrogen and oxygen atoms in total. The van der Waals surface area contributed by atoms with Gasteiger partial charge in [0.2, 0.25) is 10.0 Å². The van der Waals surface area contributed by atoms with E-state index in [-0.39, 0.29) is 5.75 Å². The minimum absolute atomic E-state index is 0.0904. The van der Waals surface area contributed by atoms with Gasteiger partial charge in [-0.1, -0.05) is 32.0 Å². The van der Waals surface area contributed by atoms with Crippen LogP contribution < -0.4 is 9.88 Å². The van der Waals surface area contributed by atoms with E-state index in [4.69, 9.17) is 9.88 Å². The standard InChI is InChI=1S/C11H17NO3S/c1-11(2,9-16(12,13)14)8-15-10-6-4-3-5-7-10/h3-7H,8-9H2,1-2H3,(H2,12,13,14). The van der Waals surface area contributed by atoms with Crippen molar-refractivity contribution in [1.29, 1.82) is 0 Å². The monoisotopic (exact) mass is 243 g/mol. The molecule has 1 aromatic rings. The maximum atomic E-state index is 11.0. The third-order valence-corrected chi connectivity index (χ3v) is 3.15. The highest BCUT2D eigenvalue weighted by Crippen LogP contribution is 2.19. The van der Waals surface area contributed by atoms with Gasteiger partial charge in [-0.05, 0) is 12.1 Å². The van der Waals surface area contributed by atoms with Crippen LogP contribution in [0, 0.1) is 5.41 Å². The Bertz CT molecular complexity index is 426. The lowest BCUT2D eigenvalue weighted by atomic mass is 9.98. The second-order valence-electron chi connectivity index (χ2n) is 4.57. The molecule has 0 aromatic heterocycles. The molecule has 0 heterocycles. The van der Waals surface area contributed by atoms with Gasteiger partial charge in [0.25, 0.3) is 0 Å². The molecule has 0 amide bonds. The number of nitrogens with two attached hydrogens (primary N) is 1. The zero-order valence-corrected chi connectivity index (χ0v) is 10.3. The summed E-state index contributed by atoms with van der Waals surface area (Å²) < 4.78 is 27.5. The van der Waals surface area contributed by atoms with Crippen molar-refractivity contribution in [2.24, 2.45) is 10.6 Å². The SMILES string of the molecule is CC(C)(COc1ccccc1)CS(N)(=O)=O. The number of benzene rings is 1. The number of sulfonamides is 1. The second kappa shape index (κ2) is 4.84. The summed E-state index contributed by atoms with van der Waals surface area (Å²) >= 11 is 0. The molecular formula is C11H17NO3S. The molecule has 0 fully saturated rings. The van der Waals surface area contributed by atoms with Crippen LogP contribution in [0.4, 0.5) is 0 Å². The van der Waals surface area contributed by atoms with Crippen molar-refractivity contribution in [1.82, 2.24) is 0 Å². The average Bonchev–Trinajstić information content (AvgIpc) is 2.13. The van der Waals surface area contributed by atoms with Crippen LogP contribution in [0.5, 0.6) is 5.75 Å². The summed E-state index contributed by atoms with van der Waals surface area (Å²) in [6.07, 6.45) is 0. The van der Waals surface area contributed by atoms with E-state index in [9.17, 15) is 8.42 Å². The third-order valence-electron chi connectivity index (χ3n) is 1.96. The van der Waals surface area contributed by atoms with Gasteiger partial charge in [-0.25, -0.2) is 13.6 Å². The summed E-state index contributed by atoms with van der Waals surface area (Å²) in [6.45, 7) is 3.92. The molecule has 0 spiro atoms. The lowest BCUT2D eigenvalue weighted by Crippen LogP contribution is -2.33. The largest absolute Gasteiger partial charge is 0.493 e. The van der Waals surface area contributed by atoms with Crippen molar-refractivity contribution in [3.05, 3.63) is 30.3 Å². The van der Waals surface area contributed by atoms with Crippen LogP contribution in [-0.2, 0) is 10.0 Å². The lowest BCUT2D eigenvalue weighted by Gasteiger charge is -2.23. The first-order chi connectivity index (χ1) is 7.29. The van der Waals surface area contributed by atoms with Crippen LogP contribution in [0.3, 0.4) is 0 Å². The molecule has 5 heteroatoms. The average molecular weight is 243 g/mol. The molecule has 0 saturated carbocycles. The molecular weight excluding hydrogens is 226 g/mol. The Labute approximate surface area is 96.5 Å². The maximum Gasteiger partial charge on any atom is 0.209 e. The third kappa shape index (κ3) is 5.14. The topological polar surface area (TPSA) is 69.4 Å². The van der Waals surface area contributed by atoms with Gasteiger partial charge in [-0.15, -0.1) is 0 Å². The summed E-state index contributed by atoms with van der Waals surface area (Å²) in [5, 5.41) is 5.01. The van der Waals surface area contributed by atoms with Gasteiger partial charge in [-0.2, -0.15) is 0 Å². The highest BCUT2D eigenvalue weighted by molar-refractivity contribution is 7.89. The van der Waals surface area contributed by atoms with E-state index in [1.54, 1.807) is 13.8 Å². The minimum Gasteiger partial charge on any atom is -0.493 e. The highest BCUT2D eigenvalue weighted by Gasteiger charge is 2.24. The lowest BCUT2D eigenvalue weighted by molar-refractivity contribution is 0.200. The van der Waals surface area contributed by atoms with Crippen LogP contribution in [0.2, 0.25) is 0 Å². The Balaban J connectivity index is 2.55. The molecule has 0 unspecified atom stereocenters. The Hall–Kier alpha value is -1.07. The quantitative estimate of drug-likeness (QED) is 0.849. The van der Waals surface area contributed by atoms with Gasteiger partial charge < -0.3 is 4.74 Å². The van der Waals surface area contributed by atoms with Crippen LogP contribution in [0.15, 0.2) is 30.3 Å². The van der Waals surface area contributed by atoms with Gasteiger partial charge in [0.15, 0.2) is 0 Å². The van der Waals surface area contributed by atoms with Crippen molar-refractivity contribution in [3.8, 4) is 5.75 Å². The van der Waals surface area contributed by atoms with Crippen LogP contribution in [0.25, 0.3) is 0 Å². The molecule has 16 heavy (non-hydrogen) atoms. The Kier molecular flexibility index (Phi) is 3.93. The van der Waals surface area contributed by atoms with E-state index in [2.05, 4.69) is 0 Å². The van der Waals surface area contributed by atoms with Crippen LogP contribution in [0.1, 0.15) is 13.8 Å². The van der Waals surface area contributed by atoms with Crippen LogP contribution in [-0.4, -0.2) is 20.8 Å². The predicted molar refractivity (Wildman–Crippen MR) is 63.7 cm³/mol. The Morgan fingerprint density at radius 1 is 1.25 bits per heavy atom. The maximum absolute atomic E-state index is 11.0. The fourth-order valence-electron chi connectivity index (χ4n) is 1.38. The molecule has 0 saturated heterocycles. The number of para-hydroxylation sites is 1. The van der Waals surface area contributed by atoms with Gasteiger partial charge in [0, 0.05) is 5.41 Å². The number of rotatable bonds is 5. The highest BCUT2D eigenvalue weighted by atomic mass is 32.2. The van der Waals surface area contributed by atoms with Crippen molar-refractivity contribution in [2.45, 2.75) is 13.8 Å². The number of primary sulfonamides is 1. The summed E-state index contributed by atoms with van der Waals surface area (Å²) in [4.78, 5) is 0. The smallest absolute Gasteiger partial charge is 0.209 e. The molecule has 90 valence electrons. The first-order valence-electron chi connectivity index (χ1n) is 4.97. The van der Waals surface area contributed by atoms with Crippen molar-refractivity contribution in [2.75, 3.05) is 12.4 Å². The normalized spacial score (nSPS) is 12.4. The molecule has 0 aliphatic carbocycles. The number of hydrogen-bond donors (Lipinski definition) is 1. The first-order valence-corrected chi connectivity index (χ1v) is 6.68. The molecule has 0 radical (unpaired) electrons. The molecule has 2 N–H and O–H groups in total. The number of ether oxygens (including phenoxy) is 1. The summed E-state index contributed by atoms with van der Waals surface area (Å²) in [7, 11) is -3.47. The molecule has 1 rings (SSSR count). The van der Waals surface area contributed by atoms with E-state index in [0.29, 0.717) is 6.61 Å². The van der Waals surface area contributed by atoms with Gasteiger partial charge in [0.1, 0.15) is 5.75 Å². The number of hydrogen-bond acceptors (Lipinski definition) is 3. The van der Waals surface area contributed by atoms with Crippen LogP contribution >= 0.6 is 0 Å². The first kappa shape index (κ1) is 13.0. The summed E-state index contributed by atoms with van der Waals surface area (Å²) in [5.74, 6) is 0.636. The van der Waals surface area contributed by atoms with Crippen molar-refractivity contribution in [3.63, 3.8) is 0 Å². The second-order valence-corrected chi connectivity index (χ2v) is 6.19. The zero-order valence-electron chi connectivity index (χ0n) is 9.51. The molecule has 0 bridgehead atoms. The summed E-state index contributed by atoms with van der Waals surface area (Å²) in [6, 6.07) is 9.27. The molecule has 0 aliphatic heterocycles. The fraction of sp³-hybridized carbons (Fsp3) is 0.455. The molecule has 0 atom stereocenters. The molecule has 0 aliphatic rings. The van der Waals surface area contributed by atoms with E-state index in [1.807, 2.05) is 30.3 Å². The van der Waals surface area contributed by atoms with E-state index in [0.717, 1.165) is 5.75 Å².